The largest absolute Gasteiger partial charge is 0.478 e. The molecule has 1 fully saturated rings. The molecule has 1 saturated heterocycles. The van der Waals surface area contributed by atoms with Crippen LogP contribution in [0.3, 0.4) is 0 Å². The summed E-state index contributed by atoms with van der Waals surface area (Å²) in [5.74, 6) is -0.943. The summed E-state index contributed by atoms with van der Waals surface area (Å²) in [5, 5.41) is 8.88. The van der Waals surface area contributed by atoms with Gasteiger partial charge in [-0.25, -0.2) is 13.2 Å². The molecule has 1 N–H and O–H groups in total. The van der Waals surface area contributed by atoms with Gasteiger partial charge >= 0.3 is 5.97 Å². The van der Waals surface area contributed by atoms with Gasteiger partial charge in [0.05, 0.1) is 15.5 Å². The molecule has 0 amide bonds. The Labute approximate surface area is 129 Å². The maximum atomic E-state index is 12.7. The highest BCUT2D eigenvalue weighted by atomic mass is 35.5. The van der Waals surface area contributed by atoms with Crippen LogP contribution < -0.4 is 0 Å². The first kappa shape index (κ1) is 16.3. The number of aromatic carboxylic acids is 1. The lowest BCUT2D eigenvalue weighted by atomic mass is 10.0. The van der Waals surface area contributed by atoms with Crippen LogP contribution in [0.2, 0.25) is 5.02 Å². The van der Waals surface area contributed by atoms with Crippen LogP contribution in [-0.4, -0.2) is 36.4 Å². The van der Waals surface area contributed by atoms with Crippen molar-refractivity contribution in [3.63, 3.8) is 0 Å². The second-order valence-corrected chi connectivity index (χ2v) is 7.81. The molecule has 0 aliphatic carbocycles. The lowest BCUT2D eigenvalue weighted by molar-refractivity contribution is 0.0697. The van der Waals surface area contributed by atoms with Crippen molar-refractivity contribution in [2.45, 2.75) is 37.6 Å². The van der Waals surface area contributed by atoms with E-state index in [2.05, 4.69) is 0 Å². The molecule has 116 valence electrons. The molecule has 2 rings (SSSR count). The van der Waals surface area contributed by atoms with Gasteiger partial charge in [-0.1, -0.05) is 25.4 Å². The van der Waals surface area contributed by atoms with E-state index in [9.17, 15) is 13.2 Å². The number of benzene rings is 1. The predicted octanol–water partition coefficient (Wildman–Crippen LogP) is 2.85. The van der Waals surface area contributed by atoms with Gasteiger partial charge in [0.2, 0.25) is 10.0 Å². The van der Waals surface area contributed by atoms with E-state index in [-0.39, 0.29) is 27.4 Å². The Bertz CT molecular complexity index is 657. The smallest absolute Gasteiger partial charge is 0.337 e. The molecule has 0 aromatic heterocycles. The summed E-state index contributed by atoms with van der Waals surface area (Å²) in [6.45, 7) is 4.49. The van der Waals surface area contributed by atoms with E-state index in [4.69, 9.17) is 16.7 Å². The van der Waals surface area contributed by atoms with Gasteiger partial charge < -0.3 is 5.11 Å². The molecule has 1 aromatic rings. The Hall–Kier alpha value is -1.11. The van der Waals surface area contributed by atoms with E-state index >= 15 is 0 Å². The first-order valence-corrected chi connectivity index (χ1v) is 8.61. The molecular weight excluding hydrogens is 314 g/mol. The summed E-state index contributed by atoms with van der Waals surface area (Å²) in [6, 6.07) is 3.74. The lowest BCUT2D eigenvalue weighted by Gasteiger charge is -2.27. The second-order valence-electron chi connectivity index (χ2n) is 5.52. The van der Waals surface area contributed by atoms with Gasteiger partial charge in [-0.15, -0.1) is 0 Å². The molecule has 1 aliphatic rings. The summed E-state index contributed by atoms with van der Waals surface area (Å²) < 4.78 is 26.9. The molecule has 0 spiro atoms. The molecule has 1 aromatic carbocycles. The Morgan fingerprint density at radius 1 is 1.43 bits per heavy atom. The number of hydrogen-bond acceptors (Lipinski definition) is 3. The van der Waals surface area contributed by atoms with Crippen molar-refractivity contribution in [2.75, 3.05) is 6.54 Å². The van der Waals surface area contributed by atoms with E-state index in [0.29, 0.717) is 6.54 Å². The minimum Gasteiger partial charge on any atom is -0.478 e. The van der Waals surface area contributed by atoms with Crippen molar-refractivity contribution in [2.24, 2.45) is 5.92 Å². The van der Waals surface area contributed by atoms with E-state index in [0.717, 1.165) is 12.8 Å². The minimum absolute atomic E-state index is 0.0204. The third-order valence-corrected chi connectivity index (χ3v) is 6.03. The first-order chi connectivity index (χ1) is 9.75. The highest BCUT2D eigenvalue weighted by Gasteiger charge is 2.37. The van der Waals surface area contributed by atoms with Crippen molar-refractivity contribution in [3.8, 4) is 0 Å². The summed E-state index contributed by atoms with van der Waals surface area (Å²) in [5.41, 5.74) is -0.0996. The summed E-state index contributed by atoms with van der Waals surface area (Å²) in [4.78, 5) is 11.0. The van der Waals surface area contributed by atoms with Gasteiger partial charge in [-0.3, -0.25) is 0 Å². The average Bonchev–Trinajstić information content (AvgIpc) is 2.88. The molecule has 0 saturated carbocycles. The van der Waals surface area contributed by atoms with Gasteiger partial charge in [0.15, 0.2) is 0 Å². The normalized spacial score (nSPS) is 20.1. The fraction of sp³-hybridized carbons (Fsp3) is 0.500. The maximum Gasteiger partial charge on any atom is 0.337 e. The topological polar surface area (TPSA) is 74.7 Å². The summed E-state index contributed by atoms with van der Waals surface area (Å²) in [7, 11) is -3.64. The standard InChI is InChI=1S/C14H18ClNO4S/c1-9(2)13-4-3-7-16(13)21(19,20)10-5-6-11(14(17)18)12(15)8-10/h5-6,8-9,13H,3-4,7H2,1-2H3,(H,17,18). The van der Waals surface area contributed by atoms with E-state index < -0.39 is 16.0 Å². The average molecular weight is 332 g/mol. The molecule has 1 aliphatic heterocycles. The number of hydrogen-bond donors (Lipinski definition) is 1. The zero-order valence-corrected chi connectivity index (χ0v) is 13.5. The molecular formula is C14H18ClNO4S. The maximum absolute atomic E-state index is 12.7. The predicted molar refractivity (Wildman–Crippen MR) is 80.2 cm³/mol. The van der Waals surface area contributed by atoms with Crippen molar-refractivity contribution in [1.29, 1.82) is 0 Å². The molecule has 0 bridgehead atoms. The van der Waals surface area contributed by atoms with Gasteiger partial charge in [-0.05, 0) is 37.0 Å². The summed E-state index contributed by atoms with van der Waals surface area (Å²) in [6.07, 6.45) is 1.68. The molecule has 1 unspecified atom stereocenters. The van der Waals surface area contributed by atoms with Crippen LogP contribution in [0.4, 0.5) is 0 Å². The van der Waals surface area contributed by atoms with Crippen molar-refractivity contribution >= 4 is 27.6 Å². The van der Waals surface area contributed by atoms with E-state index in [1.165, 1.54) is 22.5 Å². The third kappa shape index (κ3) is 3.07. The fourth-order valence-electron chi connectivity index (χ4n) is 2.70. The Balaban J connectivity index is 2.40. The number of nitrogens with zero attached hydrogens (tertiary/aromatic N) is 1. The van der Waals surface area contributed by atoms with Gasteiger partial charge in [0, 0.05) is 12.6 Å². The highest BCUT2D eigenvalue weighted by Crippen LogP contribution is 2.31. The fourth-order valence-corrected chi connectivity index (χ4v) is 4.87. The van der Waals surface area contributed by atoms with Gasteiger partial charge in [0.1, 0.15) is 0 Å². The van der Waals surface area contributed by atoms with Crippen LogP contribution in [0.5, 0.6) is 0 Å². The molecule has 21 heavy (non-hydrogen) atoms. The zero-order chi connectivity index (χ0) is 15.8. The van der Waals surface area contributed by atoms with Crippen LogP contribution in [0, 0.1) is 5.92 Å². The Kier molecular flexibility index (Phi) is 4.60. The number of carboxylic acid groups (broad SMARTS) is 1. The van der Waals surface area contributed by atoms with Crippen molar-refractivity contribution < 1.29 is 18.3 Å². The van der Waals surface area contributed by atoms with Crippen LogP contribution in [-0.2, 0) is 10.0 Å². The number of carbonyl (C=O) groups is 1. The second kappa shape index (κ2) is 5.94. The lowest BCUT2D eigenvalue weighted by Crippen LogP contribution is -2.38. The number of sulfonamides is 1. The molecule has 7 heteroatoms. The van der Waals surface area contributed by atoms with Crippen LogP contribution in [0.1, 0.15) is 37.0 Å². The minimum atomic E-state index is -3.64. The van der Waals surface area contributed by atoms with Crippen LogP contribution in [0.15, 0.2) is 23.1 Å². The quantitative estimate of drug-likeness (QED) is 0.920. The molecule has 1 heterocycles. The van der Waals surface area contributed by atoms with Crippen LogP contribution >= 0.6 is 11.6 Å². The van der Waals surface area contributed by atoms with Crippen molar-refractivity contribution in [3.05, 3.63) is 28.8 Å². The SMILES string of the molecule is CC(C)C1CCCN1S(=O)(=O)c1ccc(C(=O)O)c(Cl)c1. The monoisotopic (exact) mass is 331 g/mol. The number of carboxylic acids is 1. The Morgan fingerprint density at radius 2 is 2.10 bits per heavy atom. The molecule has 0 radical (unpaired) electrons. The first-order valence-electron chi connectivity index (χ1n) is 6.80. The molecule has 1 atom stereocenters. The summed E-state index contributed by atoms with van der Waals surface area (Å²) >= 11 is 5.87. The Morgan fingerprint density at radius 3 is 2.62 bits per heavy atom. The van der Waals surface area contributed by atoms with E-state index in [1.54, 1.807) is 0 Å². The number of rotatable bonds is 4. The van der Waals surface area contributed by atoms with Gasteiger partial charge in [0.25, 0.3) is 0 Å². The van der Waals surface area contributed by atoms with E-state index in [1.807, 2.05) is 13.8 Å². The van der Waals surface area contributed by atoms with Crippen LogP contribution in [0.25, 0.3) is 0 Å². The molecule has 5 nitrogen and oxygen atoms in total. The van der Waals surface area contributed by atoms with Crippen molar-refractivity contribution in [1.82, 2.24) is 4.31 Å². The van der Waals surface area contributed by atoms with Gasteiger partial charge in [-0.2, -0.15) is 4.31 Å². The number of halogens is 1. The third-order valence-electron chi connectivity index (χ3n) is 3.80. The zero-order valence-electron chi connectivity index (χ0n) is 11.9. The highest BCUT2D eigenvalue weighted by molar-refractivity contribution is 7.89.